The van der Waals surface area contributed by atoms with E-state index in [1.54, 1.807) is 6.07 Å². The summed E-state index contributed by atoms with van der Waals surface area (Å²) in [6.45, 7) is 1.93. The van der Waals surface area contributed by atoms with Gasteiger partial charge in [0.15, 0.2) is 0 Å². The van der Waals surface area contributed by atoms with E-state index in [0.29, 0.717) is 10.6 Å². The first-order valence-corrected chi connectivity index (χ1v) is 7.89. The minimum atomic E-state index is -0.224. The lowest BCUT2D eigenvalue weighted by molar-refractivity contribution is 0.599. The second-order valence-electron chi connectivity index (χ2n) is 4.16. The zero-order valence-electron chi connectivity index (χ0n) is 10.1. The van der Waals surface area contributed by atoms with E-state index >= 15 is 0 Å². The highest BCUT2D eigenvalue weighted by Gasteiger charge is 2.12. The number of hydrogen-bond donors (Lipinski definition) is 1. The highest BCUT2D eigenvalue weighted by Crippen LogP contribution is 2.28. The largest absolute Gasteiger partial charge is 0.378 e. The number of nitrogens with one attached hydrogen (secondary N) is 1. The Labute approximate surface area is 138 Å². The van der Waals surface area contributed by atoms with Gasteiger partial charge in [0.05, 0.1) is 6.04 Å². The second-order valence-corrected chi connectivity index (χ2v) is 6.67. The smallest absolute Gasteiger partial charge is 0.129 e. The second kappa shape index (κ2) is 6.41. The van der Waals surface area contributed by atoms with Gasteiger partial charge < -0.3 is 5.32 Å². The molecule has 0 fully saturated rings. The topological polar surface area (TPSA) is 12.0 Å². The van der Waals surface area contributed by atoms with Gasteiger partial charge in [-0.3, -0.25) is 0 Å². The maximum Gasteiger partial charge on any atom is 0.129 e. The first kappa shape index (κ1) is 15.1. The van der Waals surface area contributed by atoms with Crippen molar-refractivity contribution in [3.8, 4) is 0 Å². The Morgan fingerprint density at radius 1 is 1.26 bits per heavy atom. The Hall–Kier alpha value is -0.330. The van der Waals surface area contributed by atoms with Gasteiger partial charge in [-0.05, 0) is 59.8 Å². The van der Waals surface area contributed by atoms with Crippen LogP contribution in [0.5, 0.6) is 0 Å². The van der Waals surface area contributed by atoms with Crippen LogP contribution in [0.2, 0.25) is 5.02 Å². The third-order valence-electron chi connectivity index (χ3n) is 2.73. The van der Waals surface area contributed by atoms with E-state index in [1.807, 2.05) is 31.2 Å². The van der Waals surface area contributed by atoms with Gasteiger partial charge >= 0.3 is 0 Å². The molecule has 100 valence electrons. The number of rotatable bonds is 3. The van der Waals surface area contributed by atoms with E-state index in [4.69, 9.17) is 11.6 Å². The third kappa shape index (κ3) is 3.83. The lowest BCUT2D eigenvalue weighted by Crippen LogP contribution is -2.09. The summed E-state index contributed by atoms with van der Waals surface area (Å²) in [6.07, 6.45) is 0. The lowest BCUT2D eigenvalue weighted by atomic mass is 10.1. The summed E-state index contributed by atoms with van der Waals surface area (Å²) in [5.74, 6) is -0.224. The zero-order valence-corrected chi connectivity index (χ0v) is 14.6. The maximum absolute atomic E-state index is 13.9. The van der Waals surface area contributed by atoms with Crippen molar-refractivity contribution in [2.24, 2.45) is 0 Å². The first-order valence-electron chi connectivity index (χ1n) is 5.64. The summed E-state index contributed by atoms with van der Waals surface area (Å²) in [5, 5.41) is 3.98. The van der Waals surface area contributed by atoms with Crippen LogP contribution in [0.4, 0.5) is 10.1 Å². The summed E-state index contributed by atoms with van der Waals surface area (Å²) < 4.78 is 15.6. The molecule has 1 nitrogen and oxygen atoms in total. The number of halogens is 4. The molecule has 0 aliphatic rings. The molecule has 0 aliphatic heterocycles. The average Bonchev–Trinajstić information content (AvgIpc) is 2.32. The van der Waals surface area contributed by atoms with E-state index in [0.717, 1.165) is 13.7 Å². The van der Waals surface area contributed by atoms with Crippen LogP contribution in [0.15, 0.2) is 40.9 Å². The Kier molecular flexibility index (Phi) is 5.09. The van der Waals surface area contributed by atoms with Crippen molar-refractivity contribution in [3.05, 3.63) is 60.8 Å². The van der Waals surface area contributed by atoms with E-state index in [-0.39, 0.29) is 11.9 Å². The minimum absolute atomic E-state index is 0.122. The highest BCUT2D eigenvalue weighted by molar-refractivity contribution is 14.1. The summed E-state index contributed by atoms with van der Waals surface area (Å²) in [6, 6.07) is 10.6. The molecule has 19 heavy (non-hydrogen) atoms. The van der Waals surface area contributed by atoms with Crippen LogP contribution < -0.4 is 5.32 Å². The van der Waals surface area contributed by atoms with Crippen LogP contribution in [0.1, 0.15) is 18.5 Å². The number of hydrogen-bond acceptors (Lipinski definition) is 1. The van der Waals surface area contributed by atoms with Crippen LogP contribution in [0.3, 0.4) is 0 Å². The molecule has 0 aromatic heterocycles. The van der Waals surface area contributed by atoms with Gasteiger partial charge in [0.25, 0.3) is 0 Å². The molecule has 2 rings (SSSR count). The van der Waals surface area contributed by atoms with Crippen molar-refractivity contribution in [1.82, 2.24) is 0 Å². The summed E-state index contributed by atoms with van der Waals surface area (Å²) >= 11 is 11.4. The van der Waals surface area contributed by atoms with Crippen molar-refractivity contribution in [3.63, 3.8) is 0 Å². The van der Waals surface area contributed by atoms with E-state index in [1.165, 1.54) is 6.07 Å². The van der Waals surface area contributed by atoms with Gasteiger partial charge in [-0.2, -0.15) is 0 Å². The minimum Gasteiger partial charge on any atom is -0.378 e. The highest BCUT2D eigenvalue weighted by atomic mass is 127. The average molecular weight is 455 g/mol. The van der Waals surface area contributed by atoms with Crippen molar-refractivity contribution >= 4 is 55.8 Å². The predicted molar refractivity (Wildman–Crippen MR) is 90.3 cm³/mol. The van der Waals surface area contributed by atoms with Crippen molar-refractivity contribution < 1.29 is 4.39 Å². The molecular weight excluding hydrogens is 443 g/mol. The molecule has 1 unspecified atom stereocenters. The monoisotopic (exact) mass is 453 g/mol. The summed E-state index contributed by atoms with van der Waals surface area (Å²) in [5.41, 5.74) is 1.58. The Morgan fingerprint density at radius 2 is 2.00 bits per heavy atom. The van der Waals surface area contributed by atoms with Crippen LogP contribution >= 0.6 is 50.1 Å². The fraction of sp³-hybridized carbons (Fsp3) is 0.143. The number of benzene rings is 2. The molecule has 2 aromatic carbocycles. The molecule has 0 spiro atoms. The Bertz CT molecular complexity index is 606. The Balaban J connectivity index is 2.23. The van der Waals surface area contributed by atoms with E-state index < -0.39 is 0 Å². The van der Waals surface area contributed by atoms with Crippen molar-refractivity contribution in [2.45, 2.75) is 13.0 Å². The van der Waals surface area contributed by atoms with Crippen molar-refractivity contribution in [1.29, 1.82) is 0 Å². The molecule has 0 aliphatic carbocycles. The first-order chi connectivity index (χ1) is 8.97. The maximum atomic E-state index is 13.9. The van der Waals surface area contributed by atoms with Gasteiger partial charge in [0, 0.05) is 24.3 Å². The molecule has 5 heteroatoms. The molecule has 0 radical (unpaired) electrons. The quantitative estimate of drug-likeness (QED) is 0.560. The fourth-order valence-corrected chi connectivity index (χ4v) is 3.13. The van der Waals surface area contributed by atoms with Crippen LogP contribution in [-0.4, -0.2) is 0 Å². The molecule has 1 N–H and O–H groups in total. The lowest BCUT2D eigenvalue weighted by Gasteiger charge is -2.18. The summed E-state index contributed by atoms with van der Waals surface area (Å²) in [7, 11) is 0. The standard InChI is InChI=1S/C14H11BrClFIN/c1-8(11-4-2-9(15)6-12(11)17)19-14-5-3-10(16)7-13(14)18/h2-8,19H,1H3. The zero-order chi connectivity index (χ0) is 14.0. The summed E-state index contributed by atoms with van der Waals surface area (Å²) in [4.78, 5) is 0. The molecule has 2 aromatic rings. The van der Waals surface area contributed by atoms with E-state index in [2.05, 4.69) is 43.8 Å². The van der Waals surface area contributed by atoms with Gasteiger partial charge in [0.1, 0.15) is 5.82 Å². The molecule has 0 bridgehead atoms. The third-order valence-corrected chi connectivity index (χ3v) is 4.35. The molecule has 0 saturated carbocycles. The van der Waals surface area contributed by atoms with Gasteiger partial charge in [0.2, 0.25) is 0 Å². The van der Waals surface area contributed by atoms with E-state index in [9.17, 15) is 4.39 Å². The predicted octanol–water partition coefficient (Wildman–Crippen LogP) is 6.02. The number of anilines is 1. The molecule has 0 saturated heterocycles. The van der Waals surface area contributed by atoms with Gasteiger partial charge in [-0.25, -0.2) is 4.39 Å². The van der Waals surface area contributed by atoms with Gasteiger partial charge in [-0.1, -0.05) is 33.6 Å². The van der Waals surface area contributed by atoms with Crippen molar-refractivity contribution in [2.75, 3.05) is 5.32 Å². The fourth-order valence-electron chi connectivity index (χ4n) is 1.77. The SMILES string of the molecule is CC(Nc1ccc(Cl)cc1I)c1ccc(Br)cc1F. The molecule has 1 atom stereocenters. The van der Waals surface area contributed by atoms with Crippen LogP contribution in [0, 0.1) is 9.39 Å². The normalized spacial score (nSPS) is 12.3. The Morgan fingerprint density at radius 3 is 2.63 bits per heavy atom. The molecular formula is C14H11BrClFIN. The van der Waals surface area contributed by atoms with Crippen LogP contribution in [-0.2, 0) is 0 Å². The van der Waals surface area contributed by atoms with Crippen LogP contribution in [0.25, 0.3) is 0 Å². The molecule has 0 heterocycles. The van der Waals surface area contributed by atoms with Gasteiger partial charge in [-0.15, -0.1) is 0 Å². The molecule has 0 amide bonds.